The summed E-state index contributed by atoms with van der Waals surface area (Å²) in [5.41, 5.74) is 5.57. The van der Waals surface area contributed by atoms with Crippen molar-refractivity contribution >= 4 is 21.7 Å². The number of halogens is 2. The molecule has 0 saturated heterocycles. The van der Waals surface area contributed by atoms with Gasteiger partial charge in [-0.05, 0) is 18.6 Å². The van der Waals surface area contributed by atoms with Crippen LogP contribution in [0.4, 0.5) is 4.39 Å². The molecule has 76 valence electrons. The average molecular weight is 262 g/mol. The summed E-state index contributed by atoms with van der Waals surface area (Å²) < 4.78 is 13.5. The lowest BCUT2D eigenvalue weighted by molar-refractivity contribution is 0.0997. The maximum absolute atomic E-state index is 13.0. The van der Waals surface area contributed by atoms with Gasteiger partial charge in [-0.25, -0.2) is 4.39 Å². The monoisotopic (exact) mass is 261 g/mol. The first-order chi connectivity index (χ1) is 6.49. The molecule has 1 aromatic rings. The minimum atomic E-state index is -0.834. The predicted molar refractivity (Wildman–Crippen MR) is 53.9 cm³/mol. The fraction of sp³-hybridized carbons (Fsp3) is 0.222. The molecular formula is C9H9BrFNO2. The van der Waals surface area contributed by atoms with Gasteiger partial charge in [0.2, 0.25) is 0 Å². The third-order valence-electron chi connectivity index (χ3n) is 1.91. The van der Waals surface area contributed by atoms with Crippen molar-refractivity contribution in [3.8, 4) is 5.75 Å². The molecule has 0 amide bonds. The Kier molecular flexibility index (Phi) is 3.23. The first-order valence-corrected chi connectivity index (χ1v) is 4.69. The second-order valence-corrected chi connectivity index (χ2v) is 3.67. The Bertz CT molecular complexity index is 367. The lowest BCUT2D eigenvalue weighted by atomic mass is 10.0. The highest BCUT2D eigenvalue weighted by Gasteiger charge is 2.18. The summed E-state index contributed by atoms with van der Waals surface area (Å²) in [6.07, 6.45) is 0. The molecule has 0 aromatic heterocycles. The van der Waals surface area contributed by atoms with Crippen LogP contribution in [0.25, 0.3) is 0 Å². The van der Waals surface area contributed by atoms with E-state index in [4.69, 9.17) is 5.73 Å². The van der Waals surface area contributed by atoms with Gasteiger partial charge in [-0.1, -0.05) is 15.9 Å². The largest absolute Gasteiger partial charge is 0.504 e. The number of ketones is 1. The summed E-state index contributed by atoms with van der Waals surface area (Å²) in [7, 11) is 0. The summed E-state index contributed by atoms with van der Waals surface area (Å²) in [5.74, 6) is -1.96. The SMILES string of the molecule is Cc1c(Br)cc(F)c(O)c1C(=O)CN. The molecule has 0 spiro atoms. The van der Waals surface area contributed by atoms with Crippen molar-refractivity contribution < 1.29 is 14.3 Å². The summed E-state index contributed by atoms with van der Waals surface area (Å²) in [6, 6.07) is 1.11. The standard InChI is InChI=1S/C9H9BrFNO2/c1-4-5(10)2-6(11)9(14)8(4)7(13)3-12/h2,14H,3,12H2,1H3. The Morgan fingerprint density at radius 1 is 1.71 bits per heavy atom. The number of carbonyl (C=O) groups excluding carboxylic acids is 1. The Labute approximate surface area is 88.9 Å². The van der Waals surface area contributed by atoms with E-state index in [0.717, 1.165) is 6.07 Å². The third-order valence-corrected chi connectivity index (χ3v) is 2.74. The number of phenolic OH excluding ortho intramolecular Hbond substituents is 1. The number of aromatic hydroxyl groups is 1. The molecular weight excluding hydrogens is 253 g/mol. The average Bonchev–Trinajstić information content (AvgIpc) is 2.15. The maximum Gasteiger partial charge on any atom is 0.180 e. The van der Waals surface area contributed by atoms with E-state index in [1.165, 1.54) is 0 Å². The van der Waals surface area contributed by atoms with Gasteiger partial charge < -0.3 is 10.8 Å². The van der Waals surface area contributed by atoms with Crippen LogP contribution in [-0.4, -0.2) is 17.4 Å². The van der Waals surface area contributed by atoms with Crippen LogP contribution in [-0.2, 0) is 0 Å². The normalized spacial score (nSPS) is 10.3. The molecule has 0 atom stereocenters. The van der Waals surface area contributed by atoms with E-state index in [-0.39, 0.29) is 12.1 Å². The fourth-order valence-electron chi connectivity index (χ4n) is 1.15. The molecule has 5 heteroatoms. The van der Waals surface area contributed by atoms with Crippen molar-refractivity contribution in [2.24, 2.45) is 5.73 Å². The van der Waals surface area contributed by atoms with Gasteiger partial charge in [-0.2, -0.15) is 0 Å². The van der Waals surface area contributed by atoms with E-state index >= 15 is 0 Å². The van der Waals surface area contributed by atoms with Crippen molar-refractivity contribution in [2.45, 2.75) is 6.92 Å². The highest BCUT2D eigenvalue weighted by molar-refractivity contribution is 9.10. The number of hydrogen-bond acceptors (Lipinski definition) is 3. The molecule has 14 heavy (non-hydrogen) atoms. The van der Waals surface area contributed by atoms with Crippen LogP contribution in [0.15, 0.2) is 10.5 Å². The zero-order valence-corrected chi connectivity index (χ0v) is 9.06. The molecule has 0 unspecified atom stereocenters. The quantitative estimate of drug-likeness (QED) is 0.798. The van der Waals surface area contributed by atoms with Crippen LogP contribution in [0.3, 0.4) is 0 Å². The van der Waals surface area contributed by atoms with E-state index < -0.39 is 17.3 Å². The Morgan fingerprint density at radius 3 is 2.79 bits per heavy atom. The molecule has 1 rings (SSSR count). The molecule has 0 saturated carbocycles. The van der Waals surface area contributed by atoms with Crippen LogP contribution in [0.1, 0.15) is 15.9 Å². The molecule has 0 aliphatic heterocycles. The van der Waals surface area contributed by atoms with Crippen molar-refractivity contribution in [3.63, 3.8) is 0 Å². The lowest BCUT2D eigenvalue weighted by Gasteiger charge is -2.08. The second kappa shape index (κ2) is 4.06. The Balaban J connectivity index is 3.47. The van der Waals surface area contributed by atoms with Crippen LogP contribution in [0, 0.1) is 12.7 Å². The topological polar surface area (TPSA) is 63.3 Å². The number of benzene rings is 1. The number of hydrogen-bond donors (Lipinski definition) is 2. The summed E-state index contributed by atoms with van der Waals surface area (Å²) in [5, 5.41) is 9.33. The molecule has 0 aliphatic rings. The zero-order valence-electron chi connectivity index (χ0n) is 7.47. The lowest BCUT2D eigenvalue weighted by Crippen LogP contribution is -2.15. The number of phenols is 1. The smallest absolute Gasteiger partial charge is 0.180 e. The zero-order chi connectivity index (χ0) is 10.9. The molecule has 0 fully saturated rings. The van der Waals surface area contributed by atoms with Crippen molar-refractivity contribution in [2.75, 3.05) is 6.54 Å². The number of nitrogens with two attached hydrogens (primary N) is 1. The highest BCUT2D eigenvalue weighted by Crippen LogP contribution is 2.30. The van der Waals surface area contributed by atoms with Gasteiger partial charge in [0.1, 0.15) is 0 Å². The first-order valence-electron chi connectivity index (χ1n) is 3.89. The maximum atomic E-state index is 13.0. The molecule has 3 N–H and O–H groups in total. The number of rotatable bonds is 2. The number of Topliss-reactive ketones (excluding diaryl/α,β-unsaturated/α-hetero) is 1. The first kappa shape index (κ1) is 11.1. The van der Waals surface area contributed by atoms with Gasteiger partial charge in [0.25, 0.3) is 0 Å². The van der Waals surface area contributed by atoms with Crippen LogP contribution < -0.4 is 5.73 Å². The predicted octanol–water partition coefficient (Wildman–Crippen LogP) is 1.74. The van der Waals surface area contributed by atoms with Crippen molar-refractivity contribution in [3.05, 3.63) is 27.5 Å². The van der Waals surface area contributed by atoms with E-state index in [2.05, 4.69) is 15.9 Å². The molecule has 3 nitrogen and oxygen atoms in total. The van der Waals surface area contributed by atoms with Gasteiger partial charge in [0, 0.05) is 4.47 Å². The summed E-state index contributed by atoms with van der Waals surface area (Å²) >= 11 is 3.08. The van der Waals surface area contributed by atoms with Gasteiger partial charge >= 0.3 is 0 Å². The Hall–Kier alpha value is -0.940. The highest BCUT2D eigenvalue weighted by atomic mass is 79.9. The van der Waals surface area contributed by atoms with E-state index in [1.54, 1.807) is 6.92 Å². The molecule has 1 aromatic carbocycles. The van der Waals surface area contributed by atoms with Gasteiger partial charge in [0.05, 0.1) is 12.1 Å². The summed E-state index contributed by atoms with van der Waals surface area (Å²) in [6.45, 7) is 1.34. The van der Waals surface area contributed by atoms with Crippen molar-refractivity contribution in [1.29, 1.82) is 0 Å². The molecule has 0 radical (unpaired) electrons. The minimum absolute atomic E-state index is 0.0561. The molecule has 0 bridgehead atoms. The Morgan fingerprint density at radius 2 is 2.29 bits per heavy atom. The fourth-order valence-corrected chi connectivity index (χ4v) is 1.55. The van der Waals surface area contributed by atoms with Crippen LogP contribution in [0.2, 0.25) is 0 Å². The summed E-state index contributed by atoms with van der Waals surface area (Å²) in [4.78, 5) is 11.3. The van der Waals surface area contributed by atoms with Gasteiger partial charge in [-0.3, -0.25) is 4.79 Å². The van der Waals surface area contributed by atoms with E-state index in [9.17, 15) is 14.3 Å². The third kappa shape index (κ3) is 1.78. The van der Waals surface area contributed by atoms with E-state index in [0.29, 0.717) is 10.0 Å². The van der Waals surface area contributed by atoms with Gasteiger partial charge in [0.15, 0.2) is 17.3 Å². The van der Waals surface area contributed by atoms with Crippen LogP contribution in [0.5, 0.6) is 5.75 Å². The van der Waals surface area contributed by atoms with Gasteiger partial charge in [-0.15, -0.1) is 0 Å². The van der Waals surface area contributed by atoms with Crippen molar-refractivity contribution in [1.82, 2.24) is 0 Å². The molecule has 0 heterocycles. The van der Waals surface area contributed by atoms with E-state index in [1.807, 2.05) is 0 Å². The number of carbonyl (C=O) groups is 1. The minimum Gasteiger partial charge on any atom is -0.504 e. The molecule has 0 aliphatic carbocycles. The second-order valence-electron chi connectivity index (χ2n) is 2.82. The van der Waals surface area contributed by atoms with Crippen LogP contribution >= 0.6 is 15.9 Å².